The monoisotopic (exact) mass is 403 g/mol. The Bertz CT molecular complexity index is 887. The van der Waals surface area contributed by atoms with Gasteiger partial charge in [-0.25, -0.2) is 8.42 Å². The van der Waals surface area contributed by atoms with E-state index >= 15 is 0 Å². The number of benzene rings is 1. The lowest BCUT2D eigenvalue weighted by Crippen LogP contribution is -2.51. The Kier molecular flexibility index (Phi) is 5.17. The summed E-state index contributed by atoms with van der Waals surface area (Å²) in [6, 6.07) is 8.19. The molecule has 0 aromatic heterocycles. The number of hydrogen-bond acceptors (Lipinski definition) is 5. The van der Waals surface area contributed by atoms with Crippen LogP contribution >= 0.6 is 0 Å². The van der Waals surface area contributed by atoms with E-state index in [2.05, 4.69) is 0 Å². The molecule has 7 nitrogen and oxygen atoms in total. The van der Waals surface area contributed by atoms with E-state index in [1.165, 1.54) is 28.6 Å². The summed E-state index contributed by atoms with van der Waals surface area (Å²) in [6.45, 7) is 2.73. The minimum absolute atomic E-state index is 0.110. The molecule has 0 saturated carbocycles. The second-order valence-corrected chi connectivity index (χ2v) is 9.89. The third-order valence-electron chi connectivity index (χ3n) is 6.34. The molecule has 3 aliphatic rings. The standard InChI is InChI=1S/C20H25N3O4S/c21-14-16-2-4-18(5-3-16)28(25,26)22-10-1-8-20(15-22)9-11-23(19(20)24)17-6-12-27-13-7-17/h2-5,17H,1,6-13,15H2. The third-order valence-corrected chi connectivity index (χ3v) is 8.20. The number of nitrogens with zero attached hydrogens (tertiary/aromatic N) is 3. The van der Waals surface area contributed by atoms with Crippen molar-refractivity contribution in [3.63, 3.8) is 0 Å². The fourth-order valence-corrected chi connectivity index (χ4v) is 6.28. The summed E-state index contributed by atoms with van der Waals surface area (Å²) in [4.78, 5) is 15.5. The maximum Gasteiger partial charge on any atom is 0.243 e. The summed E-state index contributed by atoms with van der Waals surface area (Å²) in [5, 5.41) is 8.92. The zero-order valence-electron chi connectivity index (χ0n) is 15.8. The van der Waals surface area contributed by atoms with Gasteiger partial charge >= 0.3 is 0 Å². The number of rotatable bonds is 3. The number of amides is 1. The number of ether oxygens (including phenoxy) is 1. The molecule has 1 unspecified atom stereocenters. The maximum absolute atomic E-state index is 13.3. The zero-order valence-corrected chi connectivity index (χ0v) is 16.7. The van der Waals surface area contributed by atoms with Crippen LogP contribution in [0.3, 0.4) is 0 Å². The molecular formula is C20H25N3O4S. The summed E-state index contributed by atoms with van der Waals surface area (Å²) in [5.74, 6) is 0.110. The molecule has 4 rings (SSSR count). The van der Waals surface area contributed by atoms with E-state index in [1.54, 1.807) is 0 Å². The minimum atomic E-state index is -3.68. The van der Waals surface area contributed by atoms with Crippen LogP contribution in [0, 0.1) is 16.7 Å². The normalized spacial score (nSPS) is 27.2. The van der Waals surface area contributed by atoms with Crippen LogP contribution in [0.5, 0.6) is 0 Å². The van der Waals surface area contributed by atoms with E-state index in [4.69, 9.17) is 10.00 Å². The molecule has 1 amide bonds. The molecule has 8 heteroatoms. The molecule has 1 aromatic rings. The van der Waals surface area contributed by atoms with Gasteiger partial charge in [0.1, 0.15) is 0 Å². The lowest BCUT2D eigenvalue weighted by Gasteiger charge is -2.39. The predicted molar refractivity (Wildman–Crippen MR) is 102 cm³/mol. The first-order valence-corrected chi connectivity index (χ1v) is 11.3. The van der Waals surface area contributed by atoms with Crippen molar-refractivity contribution in [3.8, 4) is 6.07 Å². The Labute approximate surface area is 165 Å². The van der Waals surface area contributed by atoms with Gasteiger partial charge in [0.2, 0.25) is 15.9 Å². The van der Waals surface area contributed by atoms with Crippen LogP contribution < -0.4 is 0 Å². The molecule has 3 fully saturated rings. The Morgan fingerprint density at radius 2 is 1.82 bits per heavy atom. The van der Waals surface area contributed by atoms with Gasteiger partial charge in [0.05, 0.1) is 21.9 Å². The fraction of sp³-hybridized carbons (Fsp3) is 0.600. The molecule has 0 N–H and O–H groups in total. The van der Waals surface area contributed by atoms with Crippen LogP contribution in [0.2, 0.25) is 0 Å². The Morgan fingerprint density at radius 1 is 1.11 bits per heavy atom. The van der Waals surface area contributed by atoms with Crippen LogP contribution in [-0.4, -0.2) is 62.4 Å². The van der Waals surface area contributed by atoms with Gasteiger partial charge in [-0.15, -0.1) is 0 Å². The van der Waals surface area contributed by atoms with Crippen molar-refractivity contribution in [2.45, 2.75) is 43.0 Å². The van der Waals surface area contributed by atoms with E-state index in [0.717, 1.165) is 19.3 Å². The van der Waals surface area contributed by atoms with E-state index in [-0.39, 0.29) is 23.4 Å². The largest absolute Gasteiger partial charge is 0.381 e. The third kappa shape index (κ3) is 3.32. The van der Waals surface area contributed by atoms with Gasteiger partial charge in [-0.1, -0.05) is 0 Å². The van der Waals surface area contributed by atoms with Crippen LogP contribution in [0.1, 0.15) is 37.7 Å². The van der Waals surface area contributed by atoms with Crippen molar-refractivity contribution < 1.29 is 17.9 Å². The summed E-state index contributed by atoms with van der Waals surface area (Å²) < 4.78 is 33.1. The van der Waals surface area contributed by atoms with Crippen molar-refractivity contribution in [2.75, 3.05) is 32.8 Å². The second kappa shape index (κ2) is 7.47. The molecule has 3 saturated heterocycles. The lowest BCUT2D eigenvalue weighted by molar-refractivity contribution is -0.141. The molecule has 1 atom stereocenters. The first-order valence-electron chi connectivity index (χ1n) is 9.85. The highest BCUT2D eigenvalue weighted by molar-refractivity contribution is 7.89. The van der Waals surface area contributed by atoms with Gasteiger partial charge in [-0.2, -0.15) is 9.57 Å². The van der Waals surface area contributed by atoms with E-state index < -0.39 is 15.4 Å². The number of likely N-dealkylation sites (tertiary alicyclic amines) is 1. The number of piperidine rings is 1. The van der Waals surface area contributed by atoms with Gasteiger partial charge in [0.15, 0.2) is 0 Å². The van der Waals surface area contributed by atoms with Gasteiger partial charge in [0, 0.05) is 38.9 Å². The molecule has 0 aliphatic carbocycles. The molecule has 3 heterocycles. The predicted octanol–water partition coefficient (Wildman–Crippen LogP) is 1.74. The highest BCUT2D eigenvalue weighted by atomic mass is 32.2. The van der Waals surface area contributed by atoms with E-state index in [9.17, 15) is 13.2 Å². The molecular weight excluding hydrogens is 378 g/mol. The van der Waals surface area contributed by atoms with Crippen LogP contribution in [-0.2, 0) is 19.6 Å². The molecule has 0 radical (unpaired) electrons. The minimum Gasteiger partial charge on any atom is -0.381 e. The summed E-state index contributed by atoms with van der Waals surface area (Å²) in [5.41, 5.74) is -0.178. The highest BCUT2D eigenvalue weighted by Gasteiger charge is 2.52. The fourth-order valence-electron chi connectivity index (χ4n) is 4.72. The topological polar surface area (TPSA) is 90.7 Å². The highest BCUT2D eigenvalue weighted by Crippen LogP contribution is 2.43. The number of hydrogen-bond donors (Lipinski definition) is 0. The first kappa shape index (κ1) is 19.4. The van der Waals surface area contributed by atoms with Crippen LogP contribution in [0.25, 0.3) is 0 Å². The second-order valence-electron chi connectivity index (χ2n) is 7.95. The van der Waals surface area contributed by atoms with Gasteiger partial charge in [-0.05, 0) is 56.4 Å². The summed E-state index contributed by atoms with van der Waals surface area (Å²) in [7, 11) is -3.68. The summed E-state index contributed by atoms with van der Waals surface area (Å²) in [6.07, 6.45) is 3.85. The molecule has 28 heavy (non-hydrogen) atoms. The van der Waals surface area contributed by atoms with Crippen molar-refractivity contribution in [2.24, 2.45) is 5.41 Å². The van der Waals surface area contributed by atoms with Gasteiger partial charge < -0.3 is 9.64 Å². The molecule has 3 aliphatic heterocycles. The number of carbonyl (C=O) groups excluding carboxylic acids is 1. The van der Waals surface area contributed by atoms with Crippen LogP contribution in [0.15, 0.2) is 29.2 Å². The Hall–Kier alpha value is -1.95. The van der Waals surface area contributed by atoms with Crippen molar-refractivity contribution in [1.82, 2.24) is 9.21 Å². The van der Waals surface area contributed by atoms with Crippen LogP contribution in [0.4, 0.5) is 0 Å². The van der Waals surface area contributed by atoms with Gasteiger partial charge in [-0.3, -0.25) is 4.79 Å². The smallest absolute Gasteiger partial charge is 0.243 e. The Morgan fingerprint density at radius 3 is 2.50 bits per heavy atom. The maximum atomic E-state index is 13.3. The average molecular weight is 404 g/mol. The number of nitriles is 1. The zero-order chi connectivity index (χ0) is 19.8. The number of sulfonamides is 1. The lowest BCUT2D eigenvalue weighted by atomic mass is 9.79. The van der Waals surface area contributed by atoms with E-state index in [0.29, 0.717) is 44.7 Å². The SMILES string of the molecule is N#Cc1ccc(S(=O)(=O)N2CCCC3(CCN(C4CCOCC4)C3=O)C2)cc1. The van der Waals surface area contributed by atoms with Crippen molar-refractivity contribution in [3.05, 3.63) is 29.8 Å². The first-order chi connectivity index (χ1) is 13.5. The summed E-state index contributed by atoms with van der Waals surface area (Å²) >= 11 is 0. The Balaban J connectivity index is 1.54. The molecule has 1 spiro atoms. The number of carbonyl (C=O) groups is 1. The van der Waals surface area contributed by atoms with Gasteiger partial charge in [0.25, 0.3) is 0 Å². The quantitative estimate of drug-likeness (QED) is 0.767. The average Bonchev–Trinajstić information content (AvgIpc) is 3.04. The molecule has 0 bridgehead atoms. The van der Waals surface area contributed by atoms with Crippen molar-refractivity contribution in [1.29, 1.82) is 5.26 Å². The van der Waals surface area contributed by atoms with E-state index in [1.807, 2.05) is 11.0 Å². The van der Waals surface area contributed by atoms with Crippen molar-refractivity contribution >= 4 is 15.9 Å². The molecule has 1 aromatic carbocycles. The molecule has 150 valence electrons.